The van der Waals surface area contributed by atoms with E-state index in [-0.39, 0.29) is 12.5 Å². The molecule has 19 heavy (non-hydrogen) atoms. The minimum absolute atomic E-state index is 0.0788. The largest absolute Gasteiger partial charge is 0.385 e. The summed E-state index contributed by atoms with van der Waals surface area (Å²) in [5.74, 6) is 1.08. The van der Waals surface area contributed by atoms with Crippen LogP contribution in [-0.2, 0) is 9.53 Å². The van der Waals surface area contributed by atoms with Crippen LogP contribution in [0, 0.1) is 0 Å². The number of amides is 1. The monoisotopic (exact) mass is 282 g/mol. The van der Waals surface area contributed by atoms with Crippen LogP contribution in [0.15, 0.2) is 24.3 Å². The van der Waals surface area contributed by atoms with Crippen molar-refractivity contribution in [3.8, 4) is 0 Å². The minimum Gasteiger partial charge on any atom is -0.385 e. The van der Waals surface area contributed by atoms with Crippen LogP contribution in [0.2, 0.25) is 0 Å². The molecule has 0 aliphatic heterocycles. The molecule has 0 atom stereocenters. The quantitative estimate of drug-likeness (QED) is 0.684. The molecule has 4 nitrogen and oxygen atoms in total. The van der Waals surface area contributed by atoms with Gasteiger partial charge in [0.1, 0.15) is 6.61 Å². The molecule has 106 valence electrons. The van der Waals surface area contributed by atoms with Crippen molar-refractivity contribution >= 4 is 29.0 Å². The van der Waals surface area contributed by atoms with Gasteiger partial charge in [0.25, 0.3) is 0 Å². The van der Waals surface area contributed by atoms with Gasteiger partial charge in [0.2, 0.25) is 5.91 Å². The molecule has 0 bridgehead atoms. The van der Waals surface area contributed by atoms with E-state index in [9.17, 15) is 4.79 Å². The highest BCUT2D eigenvalue weighted by atomic mass is 32.2. The molecule has 1 rings (SSSR count). The Balaban J connectivity index is 2.29. The summed E-state index contributed by atoms with van der Waals surface area (Å²) in [7, 11) is 1.50. The van der Waals surface area contributed by atoms with Gasteiger partial charge >= 0.3 is 0 Å². The van der Waals surface area contributed by atoms with Crippen molar-refractivity contribution in [3.63, 3.8) is 0 Å². The lowest BCUT2D eigenvalue weighted by atomic mass is 10.2. The number of rotatable bonds is 9. The average Bonchev–Trinajstić information content (AvgIpc) is 2.41. The van der Waals surface area contributed by atoms with E-state index in [0.29, 0.717) is 0 Å². The Morgan fingerprint density at radius 1 is 1.21 bits per heavy atom. The third-order valence-electron chi connectivity index (χ3n) is 2.55. The number of thioether (sulfide) groups is 1. The van der Waals surface area contributed by atoms with Gasteiger partial charge in [-0.1, -0.05) is 0 Å². The number of benzene rings is 1. The Hall–Kier alpha value is -1.20. The lowest BCUT2D eigenvalue weighted by molar-refractivity contribution is -0.119. The van der Waals surface area contributed by atoms with Gasteiger partial charge in [-0.25, -0.2) is 0 Å². The number of nitrogens with one attached hydrogen (secondary N) is 2. The molecule has 0 spiro atoms. The summed E-state index contributed by atoms with van der Waals surface area (Å²) in [4.78, 5) is 11.3. The highest BCUT2D eigenvalue weighted by molar-refractivity contribution is 7.98. The van der Waals surface area contributed by atoms with Crippen LogP contribution in [0.4, 0.5) is 11.4 Å². The van der Waals surface area contributed by atoms with Gasteiger partial charge in [0.15, 0.2) is 0 Å². The number of carbonyl (C=O) groups is 1. The van der Waals surface area contributed by atoms with Crippen LogP contribution in [0.25, 0.3) is 0 Å². The second-order valence-corrected chi connectivity index (χ2v) is 5.17. The first-order chi connectivity index (χ1) is 9.26. The third-order valence-corrected chi connectivity index (χ3v) is 3.25. The van der Waals surface area contributed by atoms with Crippen molar-refractivity contribution in [1.29, 1.82) is 0 Å². The van der Waals surface area contributed by atoms with E-state index in [4.69, 9.17) is 4.74 Å². The fourth-order valence-electron chi connectivity index (χ4n) is 1.60. The molecule has 0 aliphatic carbocycles. The summed E-state index contributed by atoms with van der Waals surface area (Å²) in [5, 5.41) is 6.12. The van der Waals surface area contributed by atoms with Crippen LogP contribution in [-0.4, -0.2) is 38.2 Å². The Kier molecular flexibility index (Phi) is 8.09. The number of unbranched alkanes of at least 4 members (excludes halogenated alkanes) is 1. The molecule has 0 aliphatic rings. The number of carbonyl (C=O) groups excluding carboxylic acids is 1. The fraction of sp³-hybridized carbons (Fsp3) is 0.500. The van der Waals surface area contributed by atoms with Gasteiger partial charge in [0.05, 0.1) is 0 Å². The molecule has 2 N–H and O–H groups in total. The first-order valence-corrected chi connectivity index (χ1v) is 7.77. The molecule has 0 unspecified atom stereocenters. The standard InChI is InChI=1S/C14H22N2O2S/c1-18-11-14(17)16-13-7-5-12(6-8-13)15-9-3-4-10-19-2/h5-8,15H,3-4,9-11H2,1-2H3,(H,16,17). The van der Waals surface area contributed by atoms with Crippen LogP contribution >= 0.6 is 11.8 Å². The number of hydrogen-bond donors (Lipinski definition) is 2. The summed E-state index contributed by atoms with van der Waals surface area (Å²) in [6.07, 6.45) is 4.54. The molecule has 0 heterocycles. The average molecular weight is 282 g/mol. The Morgan fingerprint density at radius 3 is 2.53 bits per heavy atom. The van der Waals surface area contributed by atoms with Crippen molar-refractivity contribution in [2.24, 2.45) is 0 Å². The number of hydrogen-bond acceptors (Lipinski definition) is 4. The molecule has 1 aromatic carbocycles. The highest BCUT2D eigenvalue weighted by Gasteiger charge is 2.00. The van der Waals surface area contributed by atoms with Gasteiger partial charge in [-0.05, 0) is 49.1 Å². The first-order valence-electron chi connectivity index (χ1n) is 6.38. The van der Waals surface area contributed by atoms with Crippen LogP contribution in [0.1, 0.15) is 12.8 Å². The minimum atomic E-state index is -0.139. The van der Waals surface area contributed by atoms with Gasteiger partial charge in [-0.15, -0.1) is 0 Å². The van der Waals surface area contributed by atoms with Crippen LogP contribution in [0.3, 0.4) is 0 Å². The van der Waals surface area contributed by atoms with E-state index in [0.717, 1.165) is 17.9 Å². The van der Waals surface area contributed by atoms with E-state index in [1.807, 2.05) is 36.0 Å². The van der Waals surface area contributed by atoms with Crippen LogP contribution < -0.4 is 10.6 Å². The molecule has 1 aromatic rings. The van der Waals surface area contributed by atoms with Crippen molar-refractivity contribution in [1.82, 2.24) is 0 Å². The van der Waals surface area contributed by atoms with E-state index < -0.39 is 0 Å². The molecule has 0 fully saturated rings. The zero-order valence-electron chi connectivity index (χ0n) is 11.6. The Morgan fingerprint density at radius 2 is 1.89 bits per heavy atom. The molecule has 0 saturated heterocycles. The Bertz CT molecular complexity index is 368. The predicted octanol–water partition coefficient (Wildman–Crippen LogP) is 2.83. The van der Waals surface area contributed by atoms with Gasteiger partial charge in [-0.2, -0.15) is 11.8 Å². The summed E-state index contributed by atoms with van der Waals surface area (Å²) in [6, 6.07) is 7.71. The van der Waals surface area contributed by atoms with E-state index in [1.54, 1.807) is 0 Å². The molecule has 0 radical (unpaired) electrons. The second kappa shape index (κ2) is 9.69. The van der Waals surface area contributed by atoms with Crippen molar-refractivity contribution in [2.45, 2.75) is 12.8 Å². The van der Waals surface area contributed by atoms with Gasteiger partial charge in [-0.3, -0.25) is 4.79 Å². The van der Waals surface area contributed by atoms with Gasteiger partial charge < -0.3 is 15.4 Å². The molecular weight excluding hydrogens is 260 g/mol. The SMILES string of the molecule is COCC(=O)Nc1ccc(NCCCCSC)cc1. The van der Waals surface area contributed by atoms with Crippen molar-refractivity contribution in [3.05, 3.63) is 24.3 Å². The molecule has 5 heteroatoms. The van der Waals surface area contributed by atoms with E-state index in [1.165, 1.54) is 25.7 Å². The number of methoxy groups -OCH3 is 1. The molecular formula is C14H22N2O2S. The van der Waals surface area contributed by atoms with Crippen LogP contribution in [0.5, 0.6) is 0 Å². The number of anilines is 2. The maximum atomic E-state index is 11.3. The summed E-state index contributed by atoms with van der Waals surface area (Å²) < 4.78 is 4.76. The lowest BCUT2D eigenvalue weighted by Crippen LogP contribution is -2.16. The first kappa shape index (κ1) is 15.9. The zero-order valence-corrected chi connectivity index (χ0v) is 12.4. The van der Waals surface area contributed by atoms with Crippen molar-refractivity contribution in [2.75, 3.05) is 42.9 Å². The topological polar surface area (TPSA) is 50.4 Å². The maximum Gasteiger partial charge on any atom is 0.250 e. The smallest absolute Gasteiger partial charge is 0.250 e. The second-order valence-electron chi connectivity index (χ2n) is 4.19. The number of ether oxygens (including phenoxy) is 1. The summed E-state index contributed by atoms with van der Waals surface area (Å²) in [5.41, 5.74) is 1.86. The maximum absolute atomic E-state index is 11.3. The normalized spacial score (nSPS) is 10.2. The third kappa shape index (κ3) is 7.08. The van der Waals surface area contributed by atoms with Gasteiger partial charge in [0, 0.05) is 25.0 Å². The molecule has 1 amide bonds. The summed E-state index contributed by atoms with van der Waals surface area (Å²) in [6.45, 7) is 1.06. The summed E-state index contributed by atoms with van der Waals surface area (Å²) >= 11 is 1.88. The van der Waals surface area contributed by atoms with E-state index in [2.05, 4.69) is 16.9 Å². The van der Waals surface area contributed by atoms with Crippen molar-refractivity contribution < 1.29 is 9.53 Å². The predicted molar refractivity (Wildman–Crippen MR) is 83.1 cm³/mol. The molecule has 0 saturated carbocycles. The lowest BCUT2D eigenvalue weighted by Gasteiger charge is -2.08. The van der Waals surface area contributed by atoms with E-state index >= 15 is 0 Å². The zero-order chi connectivity index (χ0) is 13.9. The molecule has 0 aromatic heterocycles. The fourth-order valence-corrected chi connectivity index (χ4v) is 2.10. The highest BCUT2D eigenvalue weighted by Crippen LogP contribution is 2.13. The Labute approximate surface area is 119 Å².